The molecule has 0 aliphatic heterocycles. The molecule has 4 rings (SSSR count). The molecule has 17 nitrogen and oxygen atoms in total. The summed E-state index contributed by atoms with van der Waals surface area (Å²) in [6.07, 6.45) is 2.07. The molecule has 3 aromatic rings. The van der Waals surface area contributed by atoms with Crippen LogP contribution >= 0.6 is 11.6 Å². The van der Waals surface area contributed by atoms with E-state index in [9.17, 15) is 34.8 Å². The molecular formula is C38H54ClN9O8. The van der Waals surface area contributed by atoms with Crippen LogP contribution in [0.25, 0.3) is 0 Å². The SMILES string of the molecule is Nc1nc(N)c(C(=O)NC(=O)NCCCCc2ccc(C[C@H](N)C(=O)Nc3ccc(CCCNC[C@H](O)[C@@H](O)[C@H](O)[C@H](O)CO)cc3)c3c2CCCC3)nc1Cl. The molecular weight excluding hydrogens is 746 g/mol. The molecule has 18 heteroatoms. The molecule has 2 aromatic carbocycles. The maximum absolute atomic E-state index is 13.1. The standard InChI is InChI=1S/C38H54ClN9O8/c39-33-35(42)47-34(41)30(46-33)37(55)48-38(56)44-17-4-3-7-22-12-13-23(26-9-2-1-8-25(22)26)18-27(40)36(54)45-24-14-10-21(11-15-24)6-5-16-43-19-28(50)31(52)32(53)29(51)20-49/h10-15,27-29,31-32,43,49-53H,1-9,16-20,40H2,(H,45,54)(H4,41,42,47)(H2,44,48,55,56)/t27-,28-,29+,31+,32+/m0/s1. The Labute approximate surface area is 330 Å². The van der Waals surface area contributed by atoms with Gasteiger partial charge in [0.2, 0.25) is 5.91 Å². The van der Waals surface area contributed by atoms with Crippen LogP contribution in [0.1, 0.15) is 70.4 Å². The second kappa shape index (κ2) is 21.7. The fraction of sp³-hybridized carbons (Fsp3) is 0.500. The van der Waals surface area contributed by atoms with Gasteiger partial charge in [-0.05, 0) is 111 Å². The topological polar surface area (TPSA) is 304 Å². The molecule has 1 aliphatic rings. The van der Waals surface area contributed by atoms with Crippen molar-refractivity contribution in [3.05, 3.63) is 75.1 Å². The van der Waals surface area contributed by atoms with Gasteiger partial charge in [0.1, 0.15) is 18.3 Å². The Kier molecular flexibility index (Phi) is 17.2. The third-order valence-electron chi connectivity index (χ3n) is 9.73. The molecule has 4 amide bonds. The summed E-state index contributed by atoms with van der Waals surface area (Å²) in [6, 6.07) is 10.2. The van der Waals surface area contributed by atoms with E-state index in [1.165, 1.54) is 16.7 Å². The van der Waals surface area contributed by atoms with Crippen LogP contribution in [0.3, 0.4) is 0 Å². The van der Waals surface area contributed by atoms with Gasteiger partial charge < -0.3 is 58.7 Å². The van der Waals surface area contributed by atoms with Crippen molar-refractivity contribution < 1.29 is 39.9 Å². The van der Waals surface area contributed by atoms with Gasteiger partial charge in [0, 0.05) is 18.8 Å². The van der Waals surface area contributed by atoms with E-state index < -0.39 is 49.0 Å². The van der Waals surface area contributed by atoms with E-state index in [0.29, 0.717) is 31.6 Å². The minimum atomic E-state index is -1.66. The van der Waals surface area contributed by atoms with Gasteiger partial charge in [-0.3, -0.25) is 14.9 Å². The first-order chi connectivity index (χ1) is 26.8. The van der Waals surface area contributed by atoms with Gasteiger partial charge in [-0.25, -0.2) is 14.8 Å². The number of nitrogens with zero attached hydrogens (tertiary/aromatic N) is 2. The van der Waals surface area contributed by atoms with Crippen molar-refractivity contribution in [2.24, 2.45) is 5.73 Å². The smallest absolute Gasteiger partial charge is 0.321 e. The van der Waals surface area contributed by atoms with Crippen molar-refractivity contribution in [1.82, 2.24) is 25.9 Å². The number of carbonyl (C=O) groups excluding carboxylic acids is 3. The third-order valence-corrected chi connectivity index (χ3v) is 10.0. The van der Waals surface area contributed by atoms with Gasteiger partial charge in [-0.2, -0.15) is 0 Å². The molecule has 15 N–H and O–H groups in total. The highest BCUT2D eigenvalue weighted by Gasteiger charge is 2.29. The molecule has 306 valence electrons. The lowest BCUT2D eigenvalue weighted by molar-refractivity contribution is -0.117. The molecule has 1 aromatic heterocycles. The molecule has 5 atom stereocenters. The van der Waals surface area contributed by atoms with Gasteiger partial charge in [-0.15, -0.1) is 0 Å². The number of imide groups is 1. The normalized spacial score (nSPS) is 15.2. The minimum absolute atomic E-state index is 0.000263. The largest absolute Gasteiger partial charge is 0.394 e. The maximum Gasteiger partial charge on any atom is 0.321 e. The number of anilines is 3. The Morgan fingerprint density at radius 2 is 1.46 bits per heavy atom. The first-order valence-electron chi connectivity index (χ1n) is 18.8. The molecule has 56 heavy (non-hydrogen) atoms. The number of halogens is 1. The predicted octanol–water partition coefficient (Wildman–Crippen LogP) is 0.102. The van der Waals surface area contributed by atoms with Gasteiger partial charge in [0.25, 0.3) is 5.91 Å². The Morgan fingerprint density at radius 1 is 0.804 bits per heavy atom. The van der Waals surface area contributed by atoms with Gasteiger partial charge in [0.15, 0.2) is 22.5 Å². The van der Waals surface area contributed by atoms with Crippen molar-refractivity contribution in [2.45, 2.75) is 94.7 Å². The zero-order valence-electron chi connectivity index (χ0n) is 31.2. The van der Waals surface area contributed by atoms with Crippen LogP contribution in [0.15, 0.2) is 36.4 Å². The molecule has 0 saturated carbocycles. The van der Waals surface area contributed by atoms with Crippen LogP contribution in [0, 0.1) is 0 Å². The number of urea groups is 1. The number of unbranched alkanes of at least 4 members (excludes halogenated alkanes) is 1. The second-order valence-corrected chi connectivity index (χ2v) is 14.3. The van der Waals surface area contributed by atoms with Crippen LogP contribution in [0.4, 0.5) is 22.1 Å². The molecule has 0 spiro atoms. The minimum Gasteiger partial charge on any atom is -0.394 e. The monoisotopic (exact) mass is 799 g/mol. The summed E-state index contributed by atoms with van der Waals surface area (Å²) in [6.45, 7) is 0.145. The molecule has 1 heterocycles. The van der Waals surface area contributed by atoms with E-state index in [2.05, 4.69) is 43.4 Å². The van der Waals surface area contributed by atoms with Crippen molar-refractivity contribution >= 4 is 46.8 Å². The van der Waals surface area contributed by atoms with E-state index in [1.807, 2.05) is 24.3 Å². The number of carbonyl (C=O) groups is 3. The van der Waals surface area contributed by atoms with Crippen molar-refractivity contribution in [1.29, 1.82) is 0 Å². The number of amides is 4. The number of rotatable bonds is 20. The van der Waals surface area contributed by atoms with Crippen LogP contribution in [-0.4, -0.2) is 110 Å². The van der Waals surface area contributed by atoms with Crippen LogP contribution in [0.2, 0.25) is 5.15 Å². The zero-order valence-corrected chi connectivity index (χ0v) is 32.0. The Hall–Kier alpha value is -4.46. The van der Waals surface area contributed by atoms with E-state index in [-0.39, 0.29) is 34.9 Å². The number of nitrogens with one attached hydrogen (secondary N) is 4. The number of benzene rings is 2. The number of aromatic nitrogens is 2. The quantitative estimate of drug-likeness (QED) is 0.0676. The number of fused-ring (bicyclic) bond motifs is 1. The van der Waals surface area contributed by atoms with E-state index in [0.717, 1.165) is 62.5 Å². The first kappa shape index (κ1) is 44.3. The second-order valence-electron chi connectivity index (χ2n) is 14.0. The third kappa shape index (κ3) is 12.8. The average molecular weight is 800 g/mol. The molecule has 1 aliphatic carbocycles. The number of hydrogen-bond acceptors (Lipinski definition) is 14. The lowest BCUT2D eigenvalue weighted by Gasteiger charge is -2.25. The Balaban J connectivity index is 1.18. The fourth-order valence-electron chi connectivity index (χ4n) is 6.57. The lowest BCUT2D eigenvalue weighted by Crippen LogP contribution is -2.49. The average Bonchev–Trinajstić information content (AvgIpc) is 3.19. The van der Waals surface area contributed by atoms with Crippen LogP contribution < -0.4 is 38.5 Å². The predicted molar refractivity (Wildman–Crippen MR) is 212 cm³/mol. The highest BCUT2D eigenvalue weighted by molar-refractivity contribution is 6.31. The zero-order chi connectivity index (χ0) is 40.8. The summed E-state index contributed by atoms with van der Waals surface area (Å²) < 4.78 is 0. The number of aryl methyl sites for hydroxylation is 2. The van der Waals surface area contributed by atoms with Gasteiger partial charge >= 0.3 is 6.03 Å². The number of nitrogens with two attached hydrogens (primary N) is 3. The Bertz CT molecular complexity index is 1780. The Morgan fingerprint density at radius 3 is 2.16 bits per heavy atom. The van der Waals surface area contributed by atoms with Crippen LogP contribution in [-0.2, 0) is 36.9 Å². The lowest BCUT2D eigenvalue weighted by atomic mass is 9.82. The fourth-order valence-corrected chi connectivity index (χ4v) is 6.70. The first-order valence-corrected chi connectivity index (χ1v) is 19.2. The van der Waals surface area contributed by atoms with E-state index in [4.69, 9.17) is 33.9 Å². The molecule has 0 saturated heterocycles. The van der Waals surface area contributed by atoms with Crippen LogP contribution in [0.5, 0.6) is 0 Å². The number of nitrogen functional groups attached to an aromatic ring is 2. The molecule has 0 fully saturated rings. The van der Waals surface area contributed by atoms with E-state index >= 15 is 0 Å². The summed E-state index contributed by atoms with van der Waals surface area (Å²) in [4.78, 5) is 45.3. The highest BCUT2D eigenvalue weighted by atomic mass is 35.5. The summed E-state index contributed by atoms with van der Waals surface area (Å²) in [5.74, 6) is -1.48. The number of aliphatic hydroxyl groups is 5. The number of hydrogen-bond donors (Lipinski definition) is 12. The summed E-state index contributed by atoms with van der Waals surface area (Å²) in [5.41, 5.74) is 23.9. The summed E-state index contributed by atoms with van der Waals surface area (Å²) in [5, 5.41) is 58.5. The molecule has 0 bridgehead atoms. The van der Waals surface area contributed by atoms with Gasteiger partial charge in [-0.1, -0.05) is 35.9 Å². The summed E-state index contributed by atoms with van der Waals surface area (Å²) >= 11 is 5.82. The van der Waals surface area contributed by atoms with Gasteiger partial charge in [0.05, 0.1) is 18.8 Å². The summed E-state index contributed by atoms with van der Waals surface area (Å²) in [7, 11) is 0. The van der Waals surface area contributed by atoms with Crippen molar-refractivity contribution in [3.63, 3.8) is 0 Å². The van der Waals surface area contributed by atoms with Crippen molar-refractivity contribution in [3.8, 4) is 0 Å². The van der Waals surface area contributed by atoms with E-state index in [1.54, 1.807) is 0 Å². The molecule has 0 unspecified atom stereocenters. The number of aliphatic hydroxyl groups excluding tert-OH is 5. The highest BCUT2D eigenvalue weighted by Crippen LogP contribution is 2.30. The maximum atomic E-state index is 13.1. The molecule has 0 radical (unpaired) electrons. The van der Waals surface area contributed by atoms with Crippen molar-refractivity contribution in [2.75, 3.05) is 43.0 Å².